The lowest BCUT2D eigenvalue weighted by molar-refractivity contribution is -0.150. The molecule has 0 spiro atoms. The zero-order chi connectivity index (χ0) is 14.7. The Balaban J connectivity index is 1.98. The van der Waals surface area contributed by atoms with Crippen LogP contribution in [0.4, 0.5) is 11.4 Å². The van der Waals surface area contributed by atoms with Crippen LogP contribution < -0.4 is 10.2 Å². The number of nitrogens with one attached hydrogen (secondary N) is 1. The third-order valence-corrected chi connectivity index (χ3v) is 3.22. The third kappa shape index (κ3) is 3.27. The van der Waals surface area contributed by atoms with Gasteiger partial charge in [0.25, 0.3) is 5.91 Å². The van der Waals surface area contributed by atoms with Crippen molar-refractivity contribution in [2.24, 2.45) is 0 Å². The second-order valence-corrected chi connectivity index (χ2v) is 4.96. The van der Waals surface area contributed by atoms with Gasteiger partial charge in [0.2, 0.25) is 0 Å². The lowest BCUT2D eigenvalue weighted by atomic mass is 10.2. The zero-order valence-corrected chi connectivity index (χ0v) is 11.5. The molecule has 1 fully saturated rings. The highest BCUT2D eigenvalue weighted by Crippen LogP contribution is 2.22. The maximum Gasteiger partial charge on any atom is 0.332 e. The number of carboxylic acid groups (broad SMARTS) is 1. The van der Waals surface area contributed by atoms with Crippen LogP contribution >= 0.6 is 0 Å². The van der Waals surface area contributed by atoms with Crippen LogP contribution in [0.2, 0.25) is 0 Å². The number of hydrogen-bond acceptors (Lipinski definition) is 4. The summed E-state index contributed by atoms with van der Waals surface area (Å²) < 4.78 is 5.21. The van der Waals surface area contributed by atoms with Crippen LogP contribution in [-0.4, -0.2) is 43.3 Å². The van der Waals surface area contributed by atoms with Gasteiger partial charge in [-0.15, -0.1) is 0 Å². The molecule has 1 saturated heterocycles. The molecule has 2 atom stereocenters. The minimum absolute atomic E-state index is 0.301. The number of hydrogen-bond donors (Lipinski definition) is 2. The van der Waals surface area contributed by atoms with Crippen molar-refractivity contribution < 1.29 is 19.4 Å². The van der Waals surface area contributed by atoms with Crippen molar-refractivity contribution in [2.45, 2.75) is 25.0 Å². The Morgan fingerprint density at radius 2 is 2.00 bits per heavy atom. The van der Waals surface area contributed by atoms with Crippen LogP contribution in [0, 0.1) is 0 Å². The SMILES string of the molecule is CN(C)c1cccc(NC(=O)C2CCC(C(=O)O)O2)c1. The van der Waals surface area contributed by atoms with Crippen LogP contribution in [0.5, 0.6) is 0 Å². The molecule has 1 aliphatic heterocycles. The molecule has 0 bridgehead atoms. The van der Waals surface area contributed by atoms with Gasteiger partial charge >= 0.3 is 5.97 Å². The van der Waals surface area contributed by atoms with Crippen LogP contribution in [0.3, 0.4) is 0 Å². The number of carboxylic acids is 1. The van der Waals surface area contributed by atoms with E-state index in [2.05, 4.69) is 5.32 Å². The first-order chi connectivity index (χ1) is 9.47. The lowest BCUT2D eigenvalue weighted by Gasteiger charge is -2.15. The van der Waals surface area contributed by atoms with E-state index in [1.54, 1.807) is 6.07 Å². The highest BCUT2D eigenvalue weighted by Gasteiger charge is 2.34. The summed E-state index contributed by atoms with van der Waals surface area (Å²) in [7, 11) is 3.83. The molecule has 1 aliphatic rings. The second kappa shape index (κ2) is 5.92. The topological polar surface area (TPSA) is 78.9 Å². The number of anilines is 2. The highest BCUT2D eigenvalue weighted by molar-refractivity contribution is 5.95. The molecule has 20 heavy (non-hydrogen) atoms. The summed E-state index contributed by atoms with van der Waals surface area (Å²) in [5, 5.41) is 11.6. The molecule has 2 rings (SSSR count). The first-order valence-electron chi connectivity index (χ1n) is 6.44. The van der Waals surface area contributed by atoms with Gasteiger partial charge in [-0.2, -0.15) is 0 Å². The fourth-order valence-corrected chi connectivity index (χ4v) is 2.10. The maximum atomic E-state index is 12.0. The van der Waals surface area contributed by atoms with E-state index in [1.807, 2.05) is 37.2 Å². The van der Waals surface area contributed by atoms with Crippen molar-refractivity contribution in [1.82, 2.24) is 0 Å². The number of aliphatic carboxylic acids is 1. The summed E-state index contributed by atoms with van der Waals surface area (Å²) in [4.78, 5) is 24.7. The lowest BCUT2D eigenvalue weighted by Crippen LogP contribution is -2.30. The van der Waals surface area contributed by atoms with Crippen molar-refractivity contribution in [3.63, 3.8) is 0 Å². The molecule has 2 unspecified atom stereocenters. The summed E-state index contributed by atoms with van der Waals surface area (Å²) in [6.07, 6.45) is -0.778. The summed E-state index contributed by atoms with van der Waals surface area (Å²) in [5.74, 6) is -1.32. The van der Waals surface area contributed by atoms with Gasteiger partial charge in [-0.3, -0.25) is 4.79 Å². The minimum atomic E-state index is -1.02. The molecule has 6 heteroatoms. The summed E-state index contributed by atoms with van der Waals surface area (Å²) >= 11 is 0. The molecule has 1 aromatic rings. The molecule has 1 amide bonds. The molecular weight excluding hydrogens is 260 g/mol. The van der Waals surface area contributed by atoms with Gasteiger partial charge in [-0.1, -0.05) is 6.07 Å². The number of rotatable bonds is 4. The molecule has 0 radical (unpaired) electrons. The van der Waals surface area contributed by atoms with Gasteiger partial charge in [-0.25, -0.2) is 4.79 Å². The monoisotopic (exact) mass is 278 g/mol. The number of amides is 1. The fraction of sp³-hybridized carbons (Fsp3) is 0.429. The molecule has 2 N–H and O–H groups in total. The predicted molar refractivity (Wildman–Crippen MR) is 74.9 cm³/mol. The Morgan fingerprint density at radius 1 is 1.30 bits per heavy atom. The van der Waals surface area contributed by atoms with Crippen molar-refractivity contribution in [2.75, 3.05) is 24.3 Å². The predicted octanol–water partition coefficient (Wildman–Crippen LogP) is 1.32. The Kier molecular flexibility index (Phi) is 4.24. The van der Waals surface area contributed by atoms with E-state index >= 15 is 0 Å². The number of ether oxygens (including phenoxy) is 1. The molecule has 1 aromatic carbocycles. The number of nitrogens with zero attached hydrogens (tertiary/aromatic N) is 1. The average Bonchev–Trinajstić information content (AvgIpc) is 2.88. The summed E-state index contributed by atoms with van der Waals surface area (Å²) in [5.41, 5.74) is 1.64. The van der Waals surface area contributed by atoms with Crippen LogP contribution in [0.25, 0.3) is 0 Å². The standard InChI is InChI=1S/C14H18N2O4/c1-16(2)10-5-3-4-9(8-10)15-13(17)11-6-7-12(20-11)14(18)19/h3-5,8,11-12H,6-7H2,1-2H3,(H,15,17)(H,18,19). The van der Waals surface area contributed by atoms with E-state index in [0.717, 1.165) is 5.69 Å². The molecule has 0 saturated carbocycles. The van der Waals surface area contributed by atoms with Crippen LogP contribution in [0.15, 0.2) is 24.3 Å². The molecule has 1 heterocycles. The molecule has 0 aliphatic carbocycles. The third-order valence-electron chi connectivity index (χ3n) is 3.22. The van der Waals surface area contributed by atoms with E-state index in [1.165, 1.54) is 0 Å². The van der Waals surface area contributed by atoms with Gasteiger partial charge in [0.15, 0.2) is 6.10 Å². The number of carbonyl (C=O) groups excluding carboxylic acids is 1. The van der Waals surface area contributed by atoms with E-state index < -0.39 is 18.2 Å². The van der Waals surface area contributed by atoms with E-state index in [0.29, 0.717) is 18.5 Å². The largest absolute Gasteiger partial charge is 0.479 e. The van der Waals surface area contributed by atoms with Gasteiger partial charge < -0.3 is 20.1 Å². The molecular formula is C14H18N2O4. The maximum absolute atomic E-state index is 12.0. The van der Waals surface area contributed by atoms with Gasteiger partial charge in [0, 0.05) is 25.5 Å². The normalized spacial score (nSPS) is 21.5. The quantitative estimate of drug-likeness (QED) is 0.868. The first-order valence-corrected chi connectivity index (χ1v) is 6.44. The second-order valence-electron chi connectivity index (χ2n) is 4.96. The van der Waals surface area contributed by atoms with Crippen molar-refractivity contribution in [3.8, 4) is 0 Å². The minimum Gasteiger partial charge on any atom is -0.479 e. The number of benzene rings is 1. The number of carbonyl (C=O) groups is 2. The zero-order valence-electron chi connectivity index (χ0n) is 11.5. The highest BCUT2D eigenvalue weighted by atomic mass is 16.5. The summed E-state index contributed by atoms with van der Waals surface area (Å²) in [6.45, 7) is 0. The van der Waals surface area contributed by atoms with E-state index in [9.17, 15) is 9.59 Å². The Bertz CT molecular complexity index is 516. The van der Waals surface area contributed by atoms with Gasteiger partial charge in [-0.05, 0) is 31.0 Å². The molecule has 108 valence electrons. The van der Waals surface area contributed by atoms with E-state index in [-0.39, 0.29) is 5.91 Å². The Morgan fingerprint density at radius 3 is 2.60 bits per heavy atom. The Hall–Kier alpha value is -2.08. The van der Waals surface area contributed by atoms with Crippen LogP contribution in [-0.2, 0) is 14.3 Å². The van der Waals surface area contributed by atoms with Crippen molar-refractivity contribution in [1.29, 1.82) is 0 Å². The molecule has 6 nitrogen and oxygen atoms in total. The fourth-order valence-electron chi connectivity index (χ4n) is 2.10. The molecule has 0 aromatic heterocycles. The average molecular weight is 278 g/mol. The van der Waals surface area contributed by atoms with Gasteiger partial charge in [0.05, 0.1) is 0 Å². The smallest absolute Gasteiger partial charge is 0.332 e. The van der Waals surface area contributed by atoms with Crippen LogP contribution in [0.1, 0.15) is 12.8 Å². The van der Waals surface area contributed by atoms with Gasteiger partial charge in [0.1, 0.15) is 6.10 Å². The Labute approximate surface area is 117 Å². The first kappa shape index (κ1) is 14.3. The van der Waals surface area contributed by atoms with Crippen molar-refractivity contribution in [3.05, 3.63) is 24.3 Å². The van der Waals surface area contributed by atoms with E-state index in [4.69, 9.17) is 9.84 Å². The van der Waals surface area contributed by atoms with Crippen molar-refractivity contribution >= 4 is 23.3 Å². The summed E-state index contributed by atoms with van der Waals surface area (Å²) in [6, 6.07) is 7.42.